The number of hydrogen-bond acceptors (Lipinski definition) is 4. The second kappa shape index (κ2) is 7.49. The standard InChI is InChI=1S/C20H23N5/c1-2-11-24(10-1)20-8-5-18(15-23-20)14-22-13-17-3-6-19(7-4-17)25-12-9-21-16-25/h3-9,12,15-16,22H,1-2,10-11,13-14H2. The number of hydrogen-bond donors (Lipinski definition) is 1. The zero-order chi connectivity index (χ0) is 16.9. The minimum Gasteiger partial charge on any atom is -0.357 e. The van der Waals surface area contributed by atoms with Crippen LogP contribution >= 0.6 is 0 Å². The molecule has 0 unspecified atom stereocenters. The van der Waals surface area contributed by atoms with Crippen LogP contribution in [0.1, 0.15) is 24.0 Å². The number of pyridine rings is 1. The van der Waals surface area contributed by atoms with Crippen LogP contribution in [0, 0.1) is 0 Å². The molecular weight excluding hydrogens is 310 g/mol. The highest BCUT2D eigenvalue weighted by molar-refractivity contribution is 5.40. The molecule has 0 amide bonds. The summed E-state index contributed by atoms with van der Waals surface area (Å²) >= 11 is 0. The van der Waals surface area contributed by atoms with E-state index >= 15 is 0 Å². The third-order valence-electron chi connectivity index (χ3n) is 4.64. The van der Waals surface area contributed by atoms with Crippen molar-refractivity contribution in [3.8, 4) is 5.69 Å². The van der Waals surface area contributed by atoms with Crippen molar-refractivity contribution in [2.75, 3.05) is 18.0 Å². The predicted octanol–water partition coefficient (Wildman–Crippen LogP) is 3.16. The van der Waals surface area contributed by atoms with Gasteiger partial charge in [-0.2, -0.15) is 0 Å². The first-order valence-corrected chi connectivity index (χ1v) is 8.86. The van der Waals surface area contributed by atoms with Gasteiger partial charge in [0.05, 0.1) is 6.33 Å². The second-order valence-corrected chi connectivity index (χ2v) is 6.46. The van der Waals surface area contributed by atoms with Crippen molar-refractivity contribution in [2.24, 2.45) is 0 Å². The Morgan fingerprint density at radius 2 is 1.68 bits per heavy atom. The zero-order valence-corrected chi connectivity index (χ0v) is 14.3. The van der Waals surface area contributed by atoms with Gasteiger partial charge in [0.15, 0.2) is 0 Å². The lowest BCUT2D eigenvalue weighted by molar-refractivity contribution is 0.691. The van der Waals surface area contributed by atoms with E-state index in [1.165, 1.54) is 24.0 Å². The van der Waals surface area contributed by atoms with Gasteiger partial charge in [0.2, 0.25) is 0 Å². The topological polar surface area (TPSA) is 46.0 Å². The van der Waals surface area contributed by atoms with Crippen molar-refractivity contribution in [1.82, 2.24) is 19.9 Å². The Hall–Kier alpha value is -2.66. The second-order valence-electron chi connectivity index (χ2n) is 6.46. The average Bonchev–Trinajstić information content (AvgIpc) is 3.37. The van der Waals surface area contributed by atoms with Crippen LogP contribution in [0.4, 0.5) is 5.82 Å². The molecule has 25 heavy (non-hydrogen) atoms. The molecule has 0 bridgehead atoms. The summed E-state index contributed by atoms with van der Waals surface area (Å²) in [6.07, 6.45) is 10.1. The van der Waals surface area contributed by atoms with Crippen LogP contribution < -0.4 is 10.2 Å². The number of nitrogens with one attached hydrogen (secondary N) is 1. The van der Waals surface area contributed by atoms with E-state index < -0.39 is 0 Å². The summed E-state index contributed by atoms with van der Waals surface area (Å²) in [7, 11) is 0. The molecule has 1 N–H and O–H groups in total. The molecule has 128 valence electrons. The normalized spacial score (nSPS) is 14.2. The first kappa shape index (κ1) is 15.8. The summed E-state index contributed by atoms with van der Waals surface area (Å²) in [5.41, 5.74) is 3.62. The summed E-state index contributed by atoms with van der Waals surface area (Å²) in [6, 6.07) is 12.8. The number of benzene rings is 1. The van der Waals surface area contributed by atoms with Crippen molar-refractivity contribution >= 4 is 5.82 Å². The van der Waals surface area contributed by atoms with Crippen molar-refractivity contribution < 1.29 is 0 Å². The highest BCUT2D eigenvalue weighted by atomic mass is 15.2. The quantitative estimate of drug-likeness (QED) is 0.753. The van der Waals surface area contributed by atoms with Gasteiger partial charge in [-0.15, -0.1) is 0 Å². The Morgan fingerprint density at radius 3 is 2.36 bits per heavy atom. The Bertz CT molecular complexity index is 772. The van der Waals surface area contributed by atoms with E-state index in [0.717, 1.165) is 37.7 Å². The van der Waals surface area contributed by atoms with Crippen LogP contribution in [0.15, 0.2) is 61.3 Å². The lowest BCUT2D eigenvalue weighted by atomic mass is 10.2. The van der Waals surface area contributed by atoms with Gasteiger partial charge in [0.1, 0.15) is 5.82 Å². The molecular formula is C20H23N5. The maximum Gasteiger partial charge on any atom is 0.128 e. The maximum absolute atomic E-state index is 4.60. The Morgan fingerprint density at radius 1 is 0.920 bits per heavy atom. The minimum atomic E-state index is 0.830. The fraction of sp³-hybridized carbons (Fsp3) is 0.300. The average molecular weight is 333 g/mol. The number of aromatic nitrogens is 3. The van der Waals surface area contributed by atoms with Gasteiger partial charge >= 0.3 is 0 Å². The smallest absolute Gasteiger partial charge is 0.128 e. The van der Waals surface area contributed by atoms with Crippen LogP contribution in [0.2, 0.25) is 0 Å². The van der Waals surface area contributed by atoms with E-state index in [4.69, 9.17) is 0 Å². The molecule has 1 aliphatic rings. The molecule has 2 aromatic heterocycles. The molecule has 3 heterocycles. The minimum absolute atomic E-state index is 0.830. The predicted molar refractivity (Wildman–Crippen MR) is 99.8 cm³/mol. The molecule has 0 saturated carbocycles. The molecule has 0 radical (unpaired) electrons. The molecule has 1 aliphatic heterocycles. The number of nitrogens with zero attached hydrogens (tertiary/aromatic N) is 4. The largest absolute Gasteiger partial charge is 0.357 e. The Labute approximate surface area is 148 Å². The van der Waals surface area contributed by atoms with Gasteiger partial charge in [-0.3, -0.25) is 0 Å². The third-order valence-corrected chi connectivity index (χ3v) is 4.64. The van der Waals surface area contributed by atoms with Gasteiger partial charge in [-0.1, -0.05) is 18.2 Å². The lowest BCUT2D eigenvalue weighted by Crippen LogP contribution is -2.19. The molecule has 0 aliphatic carbocycles. The van der Waals surface area contributed by atoms with E-state index in [0.29, 0.717) is 0 Å². The van der Waals surface area contributed by atoms with Gasteiger partial charge in [-0.25, -0.2) is 9.97 Å². The molecule has 1 aromatic carbocycles. The van der Waals surface area contributed by atoms with E-state index in [-0.39, 0.29) is 0 Å². The number of imidazole rings is 1. The zero-order valence-electron chi connectivity index (χ0n) is 14.3. The molecule has 0 spiro atoms. The molecule has 1 saturated heterocycles. The van der Waals surface area contributed by atoms with Gasteiger partial charge in [0.25, 0.3) is 0 Å². The van der Waals surface area contributed by atoms with E-state index in [1.54, 1.807) is 6.20 Å². The molecule has 4 rings (SSSR count). The first-order chi connectivity index (χ1) is 12.4. The number of rotatable bonds is 6. The monoisotopic (exact) mass is 333 g/mol. The van der Waals surface area contributed by atoms with Crippen molar-refractivity contribution in [3.05, 3.63) is 72.4 Å². The fourth-order valence-corrected chi connectivity index (χ4v) is 3.20. The molecule has 0 atom stereocenters. The maximum atomic E-state index is 4.60. The number of anilines is 1. The summed E-state index contributed by atoms with van der Waals surface area (Å²) in [6.45, 7) is 3.95. The van der Waals surface area contributed by atoms with Crippen molar-refractivity contribution in [3.63, 3.8) is 0 Å². The highest BCUT2D eigenvalue weighted by Gasteiger charge is 2.12. The van der Waals surface area contributed by atoms with Gasteiger partial charge < -0.3 is 14.8 Å². The van der Waals surface area contributed by atoms with E-state index in [1.807, 2.05) is 23.3 Å². The summed E-state index contributed by atoms with van der Waals surface area (Å²) in [5.74, 6) is 1.11. The summed E-state index contributed by atoms with van der Waals surface area (Å²) in [5, 5.41) is 3.49. The Balaban J connectivity index is 1.28. The molecule has 5 heteroatoms. The van der Waals surface area contributed by atoms with Crippen LogP contribution in [0.25, 0.3) is 5.69 Å². The highest BCUT2D eigenvalue weighted by Crippen LogP contribution is 2.17. The first-order valence-electron chi connectivity index (χ1n) is 8.86. The van der Waals surface area contributed by atoms with Crippen LogP contribution in [0.3, 0.4) is 0 Å². The summed E-state index contributed by atoms with van der Waals surface area (Å²) < 4.78 is 2.00. The molecule has 1 fully saturated rings. The molecule has 5 nitrogen and oxygen atoms in total. The van der Waals surface area contributed by atoms with E-state index in [2.05, 4.69) is 56.6 Å². The summed E-state index contributed by atoms with van der Waals surface area (Å²) in [4.78, 5) is 11.0. The SMILES string of the molecule is c1cn(-c2ccc(CNCc3ccc(N4CCCC4)nc3)cc2)cn1. The lowest BCUT2D eigenvalue weighted by Gasteiger charge is -2.16. The van der Waals surface area contributed by atoms with Crippen molar-refractivity contribution in [2.45, 2.75) is 25.9 Å². The fourth-order valence-electron chi connectivity index (χ4n) is 3.20. The Kier molecular flexibility index (Phi) is 4.74. The van der Waals surface area contributed by atoms with E-state index in [9.17, 15) is 0 Å². The van der Waals surface area contributed by atoms with Gasteiger partial charge in [0, 0.05) is 50.5 Å². The third kappa shape index (κ3) is 3.88. The van der Waals surface area contributed by atoms with Gasteiger partial charge in [-0.05, 0) is 42.2 Å². The van der Waals surface area contributed by atoms with Crippen LogP contribution in [0.5, 0.6) is 0 Å². The van der Waals surface area contributed by atoms with Crippen molar-refractivity contribution in [1.29, 1.82) is 0 Å². The molecule has 3 aromatic rings. The van der Waals surface area contributed by atoms with Crippen LogP contribution in [-0.2, 0) is 13.1 Å². The van der Waals surface area contributed by atoms with Crippen LogP contribution in [-0.4, -0.2) is 27.6 Å².